The predicted molar refractivity (Wildman–Crippen MR) is 217 cm³/mol. The van der Waals surface area contributed by atoms with Gasteiger partial charge in [0.05, 0.1) is 0 Å². The van der Waals surface area contributed by atoms with Crippen LogP contribution >= 0.6 is 0 Å². The van der Waals surface area contributed by atoms with Crippen molar-refractivity contribution in [3.8, 4) is 56.4 Å². The van der Waals surface area contributed by atoms with Gasteiger partial charge >= 0.3 is 0 Å². The molecule has 0 aliphatic carbocycles. The van der Waals surface area contributed by atoms with Crippen LogP contribution in [0.3, 0.4) is 0 Å². The minimum atomic E-state index is 0.716. The fourth-order valence-corrected chi connectivity index (χ4v) is 8.35. The summed E-state index contributed by atoms with van der Waals surface area (Å²) < 4.78 is 13.1. The lowest BCUT2D eigenvalue weighted by molar-refractivity contribution is 0.361. The van der Waals surface area contributed by atoms with Gasteiger partial charge in [0.15, 0.2) is 23.0 Å². The second kappa shape index (κ2) is 11.3. The van der Waals surface area contributed by atoms with Gasteiger partial charge in [-0.05, 0) is 112 Å². The van der Waals surface area contributed by atoms with E-state index in [2.05, 4.69) is 158 Å². The zero-order valence-electron chi connectivity index (χ0n) is 28.1. The third kappa shape index (κ3) is 4.38. The van der Waals surface area contributed by atoms with Gasteiger partial charge in [-0.3, -0.25) is 0 Å². The minimum Gasteiger partial charge on any atom is -0.449 e. The predicted octanol–water partition coefficient (Wildman–Crippen LogP) is 14.4. The van der Waals surface area contributed by atoms with Gasteiger partial charge in [0.1, 0.15) is 0 Å². The highest BCUT2D eigenvalue weighted by atomic mass is 16.6. The Hall–Kier alpha value is -6.90. The second-order valence-electron chi connectivity index (χ2n) is 13.6. The van der Waals surface area contributed by atoms with Crippen LogP contribution in [0, 0.1) is 0 Å². The van der Waals surface area contributed by atoms with E-state index in [-0.39, 0.29) is 0 Å². The summed E-state index contributed by atoms with van der Waals surface area (Å²) in [6.45, 7) is 0. The maximum atomic E-state index is 6.66. The van der Waals surface area contributed by atoms with E-state index >= 15 is 0 Å². The third-order valence-corrected chi connectivity index (χ3v) is 10.7. The second-order valence-corrected chi connectivity index (χ2v) is 13.6. The zero-order chi connectivity index (χ0) is 34.2. The molecule has 1 aliphatic heterocycles. The summed E-state index contributed by atoms with van der Waals surface area (Å²) in [6.07, 6.45) is 0. The van der Waals surface area contributed by atoms with Gasteiger partial charge in [-0.2, -0.15) is 0 Å². The molecule has 0 amide bonds. The molecular weight excluding hydrogens is 633 g/mol. The van der Waals surface area contributed by atoms with Crippen LogP contribution in [0.2, 0.25) is 0 Å². The molecule has 0 saturated heterocycles. The lowest BCUT2D eigenvalue weighted by Crippen LogP contribution is -2.00. The highest BCUT2D eigenvalue weighted by Gasteiger charge is 2.24. The van der Waals surface area contributed by atoms with E-state index in [0.717, 1.165) is 44.7 Å². The van der Waals surface area contributed by atoms with E-state index < -0.39 is 0 Å². The molecule has 0 N–H and O–H groups in total. The van der Waals surface area contributed by atoms with Crippen molar-refractivity contribution >= 4 is 53.9 Å². The van der Waals surface area contributed by atoms with Gasteiger partial charge in [-0.15, -0.1) is 0 Å². The summed E-state index contributed by atoms with van der Waals surface area (Å²) in [5.41, 5.74) is 6.96. The summed E-state index contributed by atoms with van der Waals surface area (Å²) in [5.74, 6) is 2.90. The molecule has 1 heterocycles. The van der Waals surface area contributed by atoms with Crippen LogP contribution in [0.4, 0.5) is 0 Å². The molecule has 10 aromatic rings. The minimum absolute atomic E-state index is 0.716. The first-order chi connectivity index (χ1) is 25.8. The average molecular weight is 663 g/mol. The molecule has 2 heteroatoms. The quantitative estimate of drug-likeness (QED) is 0.138. The van der Waals surface area contributed by atoms with Gasteiger partial charge in [0, 0.05) is 5.56 Å². The molecule has 0 bridgehead atoms. The van der Waals surface area contributed by atoms with Crippen LogP contribution in [-0.4, -0.2) is 0 Å². The monoisotopic (exact) mass is 662 g/mol. The van der Waals surface area contributed by atoms with Crippen LogP contribution in [0.25, 0.3) is 87.2 Å². The Morgan fingerprint density at radius 1 is 0.269 bits per heavy atom. The van der Waals surface area contributed by atoms with E-state index in [4.69, 9.17) is 9.47 Å². The highest BCUT2D eigenvalue weighted by Crippen LogP contribution is 2.52. The number of rotatable bonds is 3. The van der Waals surface area contributed by atoms with Gasteiger partial charge in [0.2, 0.25) is 0 Å². The summed E-state index contributed by atoms with van der Waals surface area (Å²) in [7, 11) is 0. The van der Waals surface area contributed by atoms with Crippen molar-refractivity contribution < 1.29 is 9.47 Å². The first kappa shape index (κ1) is 28.9. The van der Waals surface area contributed by atoms with Crippen molar-refractivity contribution in [2.75, 3.05) is 0 Å². The van der Waals surface area contributed by atoms with Gasteiger partial charge in [0.25, 0.3) is 0 Å². The molecule has 0 fully saturated rings. The molecular formula is C50H30O2. The summed E-state index contributed by atoms with van der Waals surface area (Å²) in [6, 6.07) is 65.1. The molecule has 0 saturated carbocycles. The molecule has 1 aliphatic rings. The Morgan fingerprint density at radius 3 is 1.48 bits per heavy atom. The van der Waals surface area contributed by atoms with E-state index in [1.54, 1.807) is 0 Å². The molecule has 52 heavy (non-hydrogen) atoms. The normalized spacial score (nSPS) is 12.2. The van der Waals surface area contributed by atoms with Crippen molar-refractivity contribution in [3.05, 3.63) is 182 Å². The van der Waals surface area contributed by atoms with Crippen molar-refractivity contribution in [3.63, 3.8) is 0 Å². The van der Waals surface area contributed by atoms with Gasteiger partial charge in [-0.25, -0.2) is 0 Å². The summed E-state index contributed by atoms with van der Waals surface area (Å²) >= 11 is 0. The fraction of sp³-hybridized carbons (Fsp3) is 0. The Kier molecular flexibility index (Phi) is 6.28. The van der Waals surface area contributed by atoms with E-state index in [1.807, 2.05) is 24.3 Å². The molecule has 2 nitrogen and oxygen atoms in total. The number of benzene rings is 10. The maximum Gasteiger partial charge on any atom is 0.177 e. The zero-order valence-corrected chi connectivity index (χ0v) is 28.1. The molecule has 0 radical (unpaired) electrons. The lowest BCUT2D eigenvalue weighted by Gasteiger charge is -2.24. The maximum absolute atomic E-state index is 6.66. The van der Waals surface area contributed by atoms with Crippen molar-refractivity contribution in [1.29, 1.82) is 0 Å². The van der Waals surface area contributed by atoms with E-state index in [1.165, 1.54) is 59.8 Å². The Labute approximate surface area is 300 Å². The number of hydrogen-bond acceptors (Lipinski definition) is 2. The van der Waals surface area contributed by atoms with E-state index in [0.29, 0.717) is 5.75 Å². The van der Waals surface area contributed by atoms with Crippen LogP contribution in [-0.2, 0) is 0 Å². The molecule has 0 unspecified atom stereocenters. The third-order valence-electron chi connectivity index (χ3n) is 10.7. The van der Waals surface area contributed by atoms with E-state index in [9.17, 15) is 0 Å². The van der Waals surface area contributed by atoms with Gasteiger partial charge in [-0.1, -0.05) is 152 Å². The summed E-state index contributed by atoms with van der Waals surface area (Å²) in [4.78, 5) is 0. The fourth-order valence-electron chi connectivity index (χ4n) is 8.35. The number of para-hydroxylation sites is 1. The standard InChI is InChI=1S/C50H30O2/c1-2-14-32-30-47-46(29-31(32)13-1)51-45-26-12-25-37(50(45)52-47)33-16-11-17-35(27-33)48-40-21-7-9-23-42(40)49(43-24-10-8-22-41(43)48)44-28-34-15-3-4-18-36(34)38-19-5-6-20-39(38)44/h1-30H. The molecule has 10 aromatic carbocycles. The Balaban J connectivity index is 1.12. The van der Waals surface area contributed by atoms with Crippen LogP contribution in [0.5, 0.6) is 23.0 Å². The smallest absolute Gasteiger partial charge is 0.177 e. The van der Waals surface area contributed by atoms with Gasteiger partial charge < -0.3 is 9.47 Å². The first-order valence-corrected chi connectivity index (χ1v) is 17.8. The molecule has 11 rings (SSSR count). The van der Waals surface area contributed by atoms with Crippen molar-refractivity contribution in [2.45, 2.75) is 0 Å². The summed E-state index contributed by atoms with van der Waals surface area (Å²) in [5, 5.41) is 12.2. The number of fused-ring (bicyclic) bond motifs is 8. The molecule has 242 valence electrons. The highest BCUT2D eigenvalue weighted by molar-refractivity contribution is 6.25. The molecule has 0 spiro atoms. The van der Waals surface area contributed by atoms with Crippen molar-refractivity contribution in [1.82, 2.24) is 0 Å². The Bertz CT molecular complexity index is 3020. The van der Waals surface area contributed by atoms with Crippen LogP contribution in [0.1, 0.15) is 0 Å². The van der Waals surface area contributed by atoms with Crippen LogP contribution < -0.4 is 9.47 Å². The largest absolute Gasteiger partial charge is 0.449 e. The van der Waals surface area contributed by atoms with Crippen LogP contribution in [0.15, 0.2) is 182 Å². The Morgan fingerprint density at radius 2 is 0.788 bits per heavy atom. The molecule has 0 aromatic heterocycles. The van der Waals surface area contributed by atoms with Crippen molar-refractivity contribution in [2.24, 2.45) is 0 Å². The SMILES string of the molecule is c1cc(-c2cccc3c2Oc2cc4ccccc4cc2O3)cc(-c2c3ccccc3c(-c3cc4ccccc4c4ccccc34)c3ccccc23)c1. The first-order valence-electron chi connectivity index (χ1n) is 17.8. The topological polar surface area (TPSA) is 18.5 Å². The average Bonchev–Trinajstić information content (AvgIpc) is 3.21. The number of ether oxygens (including phenoxy) is 2. The lowest BCUT2D eigenvalue weighted by atomic mass is 9.83. The number of hydrogen-bond donors (Lipinski definition) is 0. The molecule has 0 atom stereocenters.